The van der Waals surface area contributed by atoms with Crippen LogP contribution in [0.15, 0.2) is 18.2 Å². The minimum absolute atomic E-state index is 0.0804. The first-order valence-corrected chi connectivity index (χ1v) is 7.50. The molecule has 1 aromatic carbocycles. The van der Waals surface area contributed by atoms with E-state index in [-0.39, 0.29) is 11.8 Å². The maximum Gasteiger partial charge on any atom is 0.251 e. The SMILES string of the molecule is CCNC(=O)c1ccc(N2CC(CS)CC2=O)c(C)c1. The number of carbonyl (C=O) groups excluding carboxylic acids is 2. The summed E-state index contributed by atoms with van der Waals surface area (Å²) in [6.45, 7) is 5.14. The highest BCUT2D eigenvalue weighted by Gasteiger charge is 2.30. The Kier molecular flexibility index (Phi) is 4.70. The smallest absolute Gasteiger partial charge is 0.251 e. The van der Waals surface area contributed by atoms with Crippen molar-refractivity contribution < 1.29 is 9.59 Å². The standard InChI is InChI=1S/C15H20N2O2S/c1-3-16-15(19)12-4-5-13(10(2)6-12)17-8-11(9-20)7-14(17)18/h4-6,11,20H,3,7-9H2,1-2H3,(H,16,19). The summed E-state index contributed by atoms with van der Waals surface area (Å²) in [6, 6.07) is 5.47. The van der Waals surface area contributed by atoms with Crippen molar-refractivity contribution in [2.24, 2.45) is 5.92 Å². The predicted molar refractivity (Wildman–Crippen MR) is 83.5 cm³/mol. The van der Waals surface area contributed by atoms with E-state index >= 15 is 0 Å². The molecule has 0 saturated carbocycles. The van der Waals surface area contributed by atoms with Gasteiger partial charge >= 0.3 is 0 Å². The zero-order valence-electron chi connectivity index (χ0n) is 11.8. The monoisotopic (exact) mass is 292 g/mol. The van der Waals surface area contributed by atoms with Gasteiger partial charge in [0, 0.05) is 30.8 Å². The lowest BCUT2D eigenvalue weighted by Crippen LogP contribution is -2.26. The van der Waals surface area contributed by atoms with Gasteiger partial charge in [-0.1, -0.05) is 0 Å². The fourth-order valence-electron chi connectivity index (χ4n) is 2.50. The second kappa shape index (κ2) is 6.31. The Morgan fingerprint density at radius 3 is 2.80 bits per heavy atom. The molecule has 1 N–H and O–H groups in total. The lowest BCUT2D eigenvalue weighted by Gasteiger charge is -2.19. The van der Waals surface area contributed by atoms with Crippen molar-refractivity contribution in [2.75, 3.05) is 23.7 Å². The van der Waals surface area contributed by atoms with E-state index in [4.69, 9.17) is 0 Å². The number of carbonyl (C=O) groups is 2. The summed E-state index contributed by atoms with van der Waals surface area (Å²) in [7, 11) is 0. The molecule has 1 aliphatic rings. The fraction of sp³-hybridized carbons (Fsp3) is 0.467. The lowest BCUT2D eigenvalue weighted by atomic mass is 10.1. The van der Waals surface area contributed by atoms with Crippen molar-refractivity contribution in [3.05, 3.63) is 29.3 Å². The topological polar surface area (TPSA) is 49.4 Å². The summed E-state index contributed by atoms with van der Waals surface area (Å²) in [5.41, 5.74) is 2.47. The molecule has 0 spiro atoms. The van der Waals surface area contributed by atoms with Gasteiger partial charge in [-0.25, -0.2) is 0 Å². The number of hydrogen-bond donors (Lipinski definition) is 2. The first-order valence-electron chi connectivity index (χ1n) is 6.86. The number of amides is 2. The number of nitrogens with one attached hydrogen (secondary N) is 1. The van der Waals surface area contributed by atoms with Gasteiger partial charge in [0.2, 0.25) is 5.91 Å². The Bertz CT molecular complexity index is 531. The van der Waals surface area contributed by atoms with Gasteiger partial charge in [-0.05, 0) is 49.3 Å². The molecule has 20 heavy (non-hydrogen) atoms. The fourth-order valence-corrected chi connectivity index (χ4v) is 2.74. The van der Waals surface area contributed by atoms with Crippen LogP contribution in [0.2, 0.25) is 0 Å². The number of aryl methyl sites for hydroxylation is 1. The average Bonchev–Trinajstić information content (AvgIpc) is 2.80. The molecule has 0 aliphatic carbocycles. The minimum Gasteiger partial charge on any atom is -0.352 e. The molecule has 1 aromatic rings. The Morgan fingerprint density at radius 1 is 1.50 bits per heavy atom. The molecular formula is C15H20N2O2S. The van der Waals surface area contributed by atoms with Crippen LogP contribution < -0.4 is 10.2 Å². The second-order valence-corrected chi connectivity index (χ2v) is 5.48. The Balaban J connectivity index is 2.22. The average molecular weight is 292 g/mol. The second-order valence-electron chi connectivity index (χ2n) is 5.12. The Hall–Kier alpha value is -1.49. The van der Waals surface area contributed by atoms with Crippen LogP contribution in [0, 0.1) is 12.8 Å². The van der Waals surface area contributed by atoms with Gasteiger partial charge in [-0.2, -0.15) is 12.6 Å². The Morgan fingerprint density at radius 2 is 2.25 bits per heavy atom. The van der Waals surface area contributed by atoms with Crippen LogP contribution in [0.5, 0.6) is 0 Å². The molecule has 0 radical (unpaired) electrons. The van der Waals surface area contributed by atoms with E-state index in [1.54, 1.807) is 11.0 Å². The van der Waals surface area contributed by atoms with Crippen LogP contribution in [0.3, 0.4) is 0 Å². The molecule has 0 bridgehead atoms. The molecule has 2 rings (SSSR count). The van der Waals surface area contributed by atoms with Crippen LogP contribution >= 0.6 is 12.6 Å². The van der Waals surface area contributed by atoms with Crippen molar-refractivity contribution in [3.8, 4) is 0 Å². The minimum atomic E-state index is -0.0804. The molecule has 4 nitrogen and oxygen atoms in total. The van der Waals surface area contributed by atoms with Crippen LogP contribution in [-0.2, 0) is 4.79 Å². The van der Waals surface area contributed by atoms with Crippen LogP contribution in [-0.4, -0.2) is 30.7 Å². The van der Waals surface area contributed by atoms with E-state index in [9.17, 15) is 9.59 Å². The molecule has 1 saturated heterocycles. The van der Waals surface area contributed by atoms with Crippen molar-refractivity contribution in [1.29, 1.82) is 0 Å². The molecule has 1 fully saturated rings. The third kappa shape index (κ3) is 2.98. The van der Waals surface area contributed by atoms with E-state index in [0.29, 0.717) is 31.0 Å². The van der Waals surface area contributed by atoms with Gasteiger partial charge in [0.05, 0.1) is 0 Å². The molecule has 0 aromatic heterocycles. The summed E-state index contributed by atoms with van der Waals surface area (Å²) < 4.78 is 0. The highest BCUT2D eigenvalue weighted by molar-refractivity contribution is 7.80. The zero-order chi connectivity index (χ0) is 14.7. The first-order chi connectivity index (χ1) is 9.56. The van der Waals surface area contributed by atoms with Crippen molar-refractivity contribution in [3.63, 3.8) is 0 Å². The highest BCUT2D eigenvalue weighted by Crippen LogP contribution is 2.28. The normalized spacial score (nSPS) is 18.4. The number of nitrogens with zero attached hydrogens (tertiary/aromatic N) is 1. The molecule has 108 valence electrons. The van der Waals surface area contributed by atoms with Crippen LogP contribution in [0.4, 0.5) is 5.69 Å². The molecule has 1 heterocycles. The summed E-state index contributed by atoms with van der Waals surface area (Å²) in [4.78, 5) is 25.6. The number of benzene rings is 1. The predicted octanol–water partition coefficient (Wildman–Crippen LogP) is 2.03. The summed E-state index contributed by atoms with van der Waals surface area (Å²) >= 11 is 4.27. The van der Waals surface area contributed by atoms with Crippen molar-refractivity contribution >= 4 is 30.1 Å². The van der Waals surface area contributed by atoms with Crippen LogP contribution in [0.1, 0.15) is 29.3 Å². The van der Waals surface area contributed by atoms with Crippen molar-refractivity contribution in [1.82, 2.24) is 5.32 Å². The maximum absolute atomic E-state index is 12.0. The quantitative estimate of drug-likeness (QED) is 0.834. The molecule has 1 unspecified atom stereocenters. The molecular weight excluding hydrogens is 272 g/mol. The molecule has 5 heteroatoms. The number of thiol groups is 1. The highest BCUT2D eigenvalue weighted by atomic mass is 32.1. The van der Waals surface area contributed by atoms with Gasteiger partial charge in [0.25, 0.3) is 5.91 Å². The van der Waals surface area contributed by atoms with Gasteiger partial charge in [-0.15, -0.1) is 0 Å². The van der Waals surface area contributed by atoms with Crippen molar-refractivity contribution in [2.45, 2.75) is 20.3 Å². The van der Waals surface area contributed by atoms with Gasteiger partial charge in [0.1, 0.15) is 0 Å². The number of rotatable bonds is 4. The molecule has 1 aliphatic heterocycles. The summed E-state index contributed by atoms with van der Waals surface area (Å²) in [5.74, 6) is 1.09. The lowest BCUT2D eigenvalue weighted by molar-refractivity contribution is -0.117. The van der Waals surface area contributed by atoms with Gasteiger partial charge < -0.3 is 10.2 Å². The first kappa shape index (κ1) is 14.9. The summed E-state index contributed by atoms with van der Waals surface area (Å²) in [6.07, 6.45) is 0.557. The number of hydrogen-bond acceptors (Lipinski definition) is 3. The molecule has 2 amide bonds. The third-order valence-electron chi connectivity index (χ3n) is 3.55. The van der Waals surface area contributed by atoms with Gasteiger partial charge in [-0.3, -0.25) is 9.59 Å². The maximum atomic E-state index is 12.0. The van der Waals surface area contributed by atoms with E-state index in [1.807, 2.05) is 26.0 Å². The van der Waals surface area contributed by atoms with E-state index < -0.39 is 0 Å². The van der Waals surface area contributed by atoms with E-state index in [2.05, 4.69) is 17.9 Å². The third-order valence-corrected chi connectivity index (χ3v) is 4.07. The number of anilines is 1. The van der Waals surface area contributed by atoms with E-state index in [0.717, 1.165) is 17.0 Å². The van der Waals surface area contributed by atoms with Gasteiger partial charge in [0.15, 0.2) is 0 Å². The Labute approximate surface area is 124 Å². The van der Waals surface area contributed by atoms with Crippen LogP contribution in [0.25, 0.3) is 0 Å². The largest absolute Gasteiger partial charge is 0.352 e. The van der Waals surface area contributed by atoms with E-state index in [1.165, 1.54) is 0 Å². The molecule has 1 atom stereocenters. The summed E-state index contributed by atoms with van der Waals surface area (Å²) in [5, 5.41) is 2.77. The zero-order valence-corrected chi connectivity index (χ0v) is 12.7.